The maximum absolute atomic E-state index is 9.70. The third-order valence-corrected chi connectivity index (χ3v) is 8.37. The van der Waals surface area contributed by atoms with E-state index in [-0.39, 0.29) is 11.6 Å². The van der Waals surface area contributed by atoms with E-state index in [9.17, 15) is 5.11 Å². The highest BCUT2D eigenvalue weighted by Crippen LogP contribution is 2.37. The van der Waals surface area contributed by atoms with Gasteiger partial charge in [0.05, 0.1) is 12.2 Å². The lowest BCUT2D eigenvalue weighted by Crippen LogP contribution is -2.40. The molecule has 0 atom stereocenters. The summed E-state index contributed by atoms with van der Waals surface area (Å²) in [5.41, 5.74) is 0.279. The summed E-state index contributed by atoms with van der Waals surface area (Å²) in [6, 6.07) is 7.90. The summed E-state index contributed by atoms with van der Waals surface area (Å²) in [5.74, 6) is 0.772. The normalized spacial score (nSPS) is 13.3. The van der Waals surface area contributed by atoms with Crippen molar-refractivity contribution in [2.45, 2.75) is 65.0 Å². The van der Waals surface area contributed by atoms with Gasteiger partial charge in [-0.15, -0.1) is 0 Å². The van der Waals surface area contributed by atoms with Crippen LogP contribution in [0.25, 0.3) is 0 Å². The second-order valence-electron chi connectivity index (χ2n) is 7.80. The van der Waals surface area contributed by atoms with Gasteiger partial charge in [-0.2, -0.15) is 0 Å². The minimum atomic E-state index is -1.73. The zero-order valence-electron chi connectivity index (χ0n) is 14.5. The first-order valence-corrected chi connectivity index (χ1v) is 10.4. The molecule has 0 saturated heterocycles. The zero-order chi connectivity index (χ0) is 16.3. The Hall–Kier alpha value is -0.843. The van der Waals surface area contributed by atoms with E-state index in [0.717, 1.165) is 11.3 Å². The van der Waals surface area contributed by atoms with E-state index in [2.05, 4.69) is 33.9 Å². The molecule has 0 aliphatic heterocycles. The molecule has 120 valence electrons. The molecule has 0 aromatic heterocycles. The summed E-state index contributed by atoms with van der Waals surface area (Å²) in [4.78, 5) is 0. The number of hydrogen-bond donors (Lipinski definition) is 1. The molecule has 0 heterocycles. The Balaban J connectivity index is 2.65. The lowest BCUT2D eigenvalue weighted by molar-refractivity contribution is 0.0284. The highest BCUT2D eigenvalue weighted by Gasteiger charge is 2.37. The van der Waals surface area contributed by atoms with E-state index < -0.39 is 13.9 Å². The lowest BCUT2D eigenvalue weighted by Gasteiger charge is -2.36. The number of aliphatic hydroxyl groups is 1. The van der Waals surface area contributed by atoms with Gasteiger partial charge in [0.1, 0.15) is 12.4 Å². The Kier molecular flexibility index (Phi) is 5.64. The van der Waals surface area contributed by atoms with Crippen molar-refractivity contribution in [2.75, 3.05) is 6.61 Å². The average molecular weight is 311 g/mol. The summed E-state index contributed by atoms with van der Waals surface area (Å²) in [6.07, 6.45) is 0. The first kappa shape index (κ1) is 18.2. The van der Waals surface area contributed by atoms with Crippen molar-refractivity contribution < 1.29 is 14.3 Å². The standard InChI is InChI=1S/C17H30O3Si/c1-16(2,3)21(6,7)20-12-14-9-8-10-15(11-14)19-13-17(4,5)18/h8-11,18H,12-13H2,1-7H3. The molecule has 1 aromatic rings. The monoisotopic (exact) mass is 310 g/mol. The van der Waals surface area contributed by atoms with Gasteiger partial charge in [0.15, 0.2) is 8.32 Å². The third-order valence-electron chi connectivity index (χ3n) is 3.90. The molecule has 0 spiro atoms. The van der Waals surface area contributed by atoms with Crippen LogP contribution < -0.4 is 4.74 Å². The van der Waals surface area contributed by atoms with Crippen LogP contribution in [0.1, 0.15) is 40.2 Å². The first-order chi connectivity index (χ1) is 9.41. The summed E-state index contributed by atoms with van der Waals surface area (Å²) < 4.78 is 11.8. The molecule has 0 bridgehead atoms. The minimum absolute atomic E-state index is 0.210. The molecule has 0 fully saturated rings. The molecule has 0 unspecified atom stereocenters. The first-order valence-electron chi connectivity index (χ1n) is 7.49. The molecule has 0 amide bonds. The summed E-state index contributed by atoms with van der Waals surface area (Å²) in [7, 11) is -1.73. The van der Waals surface area contributed by atoms with Gasteiger partial charge in [-0.1, -0.05) is 32.9 Å². The molecule has 21 heavy (non-hydrogen) atoms. The number of benzene rings is 1. The van der Waals surface area contributed by atoms with Crippen molar-refractivity contribution >= 4 is 8.32 Å². The lowest BCUT2D eigenvalue weighted by atomic mass is 10.1. The second kappa shape index (κ2) is 6.51. The molecule has 3 nitrogen and oxygen atoms in total. The smallest absolute Gasteiger partial charge is 0.192 e. The Morgan fingerprint density at radius 2 is 1.71 bits per heavy atom. The van der Waals surface area contributed by atoms with Crippen LogP contribution in [0.2, 0.25) is 18.1 Å². The molecule has 0 aliphatic carbocycles. The molecule has 1 N–H and O–H groups in total. The van der Waals surface area contributed by atoms with Crippen LogP contribution in [-0.2, 0) is 11.0 Å². The van der Waals surface area contributed by atoms with Crippen molar-refractivity contribution in [3.05, 3.63) is 29.8 Å². The fourth-order valence-electron chi connectivity index (χ4n) is 1.47. The SMILES string of the molecule is CC(C)(O)COc1cccc(CO[Si](C)(C)C(C)(C)C)c1. The molecule has 0 radical (unpaired) electrons. The highest BCUT2D eigenvalue weighted by molar-refractivity contribution is 6.74. The van der Waals surface area contributed by atoms with Crippen molar-refractivity contribution in [3.8, 4) is 5.75 Å². The van der Waals surface area contributed by atoms with Crippen LogP contribution >= 0.6 is 0 Å². The van der Waals surface area contributed by atoms with Crippen molar-refractivity contribution in [1.82, 2.24) is 0 Å². The largest absolute Gasteiger partial charge is 0.491 e. The average Bonchev–Trinajstić information content (AvgIpc) is 2.32. The summed E-state index contributed by atoms with van der Waals surface area (Å²) in [6.45, 7) is 15.6. The second-order valence-corrected chi connectivity index (χ2v) is 12.6. The fourth-order valence-corrected chi connectivity index (χ4v) is 2.43. The van der Waals surface area contributed by atoms with Gasteiger partial charge in [0.25, 0.3) is 0 Å². The van der Waals surface area contributed by atoms with E-state index in [4.69, 9.17) is 9.16 Å². The van der Waals surface area contributed by atoms with Gasteiger partial charge < -0.3 is 14.3 Å². The van der Waals surface area contributed by atoms with Crippen LogP contribution in [-0.4, -0.2) is 25.6 Å². The van der Waals surface area contributed by atoms with Gasteiger partial charge in [-0.05, 0) is 49.7 Å². The predicted molar refractivity (Wildman–Crippen MR) is 90.2 cm³/mol. The van der Waals surface area contributed by atoms with E-state index >= 15 is 0 Å². The third kappa shape index (κ3) is 6.20. The number of rotatable bonds is 6. The maximum Gasteiger partial charge on any atom is 0.192 e. The number of hydrogen-bond acceptors (Lipinski definition) is 3. The molecular formula is C17H30O3Si. The predicted octanol–water partition coefficient (Wildman–Crippen LogP) is 4.36. The molecular weight excluding hydrogens is 280 g/mol. The van der Waals surface area contributed by atoms with E-state index in [1.54, 1.807) is 13.8 Å². The Labute approximate surface area is 130 Å². The Morgan fingerprint density at radius 3 is 2.24 bits per heavy atom. The van der Waals surface area contributed by atoms with Crippen LogP contribution in [0.5, 0.6) is 5.75 Å². The molecule has 0 aliphatic rings. The van der Waals surface area contributed by atoms with E-state index in [1.165, 1.54) is 0 Å². The number of ether oxygens (including phenoxy) is 1. The zero-order valence-corrected chi connectivity index (χ0v) is 15.5. The molecule has 4 heteroatoms. The highest BCUT2D eigenvalue weighted by atomic mass is 28.4. The van der Waals surface area contributed by atoms with Crippen LogP contribution in [0.4, 0.5) is 0 Å². The molecule has 0 saturated carbocycles. The van der Waals surface area contributed by atoms with Crippen LogP contribution in [0.15, 0.2) is 24.3 Å². The quantitative estimate of drug-likeness (QED) is 0.794. The van der Waals surface area contributed by atoms with Crippen molar-refractivity contribution in [1.29, 1.82) is 0 Å². The molecule has 1 aromatic carbocycles. The summed E-state index contributed by atoms with van der Waals surface area (Å²) >= 11 is 0. The summed E-state index contributed by atoms with van der Waals surface area (Å²) in [5, 5.41) is 9.91. The van der Waals surface area contributed by atoms with Crippen LogP contribution in [0.3, 0.4) is 0 Å². The molecule has 1 rings (SSSR count). The minimum Gasteiger partial charge on any atom is -0.491 e. The van der Waals surface area contributed by atoms with Gasteiger partial charge in [0.2, 0.25) is 0 Å². The van der Waals surface area contributed by atoms with Gasteiger partial charge in [-0.25, -0.2) is 0 Å². The van der Waals surface area contributed by atoms with Gasteiger partial charge in [-0.3, -0.25) is 0 Å². The Bertz CT molecular complexity index is 456. The van der Waals surface area contributed by atoms with E-state index in [1.807, 2.05) is 24.3 Å². The van der Waals surface area contributed by atoms with Gasteiger partial charge >= 0.3 is 0 Å². The maximum atomic E-state index is 9.70. The van der Waals surface area contributed by atoms with E-state index in [0.29, 0.717) is 6.61 Å². The fraction of sp³-hybridized carbons (Fsp3) is 0.647. The topological polar surface area (TPSA) is 38.7 Å². The van der Waals surface area contributed by atoms with Gasteiger partial charge in [0, 0.05) is 0 Å². The van der Waals surface area contributed by atoms with Crippen molar-refractivity contribution in [2.24, 2.45) is 0 Å². The van der Waals surface area contributed by atoms with Crippen molar-refractivity contribution in [3.63, 3.8) is 0 Å². The Morgan fingerprint density at radius 1 is 1.10 bits per heavy atom. The van der Waals surface area contributed by atoms with Crippen LogP contribution in [0, 0.1) is 0 Å².